The van der Waals surface area contributed by atoms with Crippen LogP contribution >= 0.6 is 11.8 Å². The Morgan fingerprint density at radius 2 is 2.11 bits per heavy atom. The van der Waals surface area contributed by atoms with Crippen molar-refractivity contribution in [3.8, 4) is 0 Å². The van der Waals surface area contributed by atoms with E-state index in [0.717, 1.165) is 31.6 Å². The van der Waals surface area contributed by atoms with E-state index in [-0.39, 0.29) is 11.9 Å². The Balaban J connectivity index is 3.87. The van der Waals surface area contributed by atoms with E-state index in [4.69, 9.17) is 5.11 Å². The maximum Gasteiger partial charge on any atom is 0.323 e. The van der Waals surface area contributed by atoms with Crippen LogP contribution in [0.15, 0.2) is 0 Å². The Morgan fingerprint density at radius 1 is 1.44 bits per heavy atom. The van der Waals surface area contributed by atoms with Crippen molar-refractivity contribution in [2.24, 2.45) is 0 Å². The number of hydrogen-bond donors (Lipinski definition) is 3. The van der Waals surface area contributed by atoms with Crippen LogP contribution in [0.3, 0.4) is 0 Å². The lowest BCUT2D eigenvalue weighted by atomic mass is 9.95. The van der Waals surface area contributed by atoms with Crippen LogP contribution in [0.2, 0.25) is 0 Å². The molecule has 0 rings (SSSR count). The number of aliphatic carboxylic acids is 1. The summed E-state index contributed by atoms with van der Waals surface area (Å²) in [5.74, 6) is 0.206. The summed E-state index contributed by atoms with van der Waals surface area (Å²) in [5.41, 5.74) is -0.802. The van der Waals surface area contributed by atoms with E-state index in [1.807, 2.05) is 13.8 Å². The minimum Gasteiger partial charge on any atom is -0.480 e. The molecular formula is C13H27NO3S. The molecule has 0 spiro atoms. The predicted octanol–water partition coefficient (Wildman–Crippen LogP) is 2.11. The Bertz CT molecular complexity index is 238. The molecule has 0 saturated carbocycles. The molecule has 2 atom stereocenters. The number of aliphatic hydroxyl groups is 1. The lowest BCUT2D eigenvalue weighted by Crippen LogP contribution is -2.49. The molecule has 0 fully saturated rings. The summed E-state index contributed by atoms with van der Waals surface area (Å²) in [6.45, 7) is 6.72. The Hall–Kier alpha value is -0.260. The van der Waals surface area contributed by atoms with Crippen LogP contribution in [0.5, 0.6) is 0 Å². The maximum atomic E-state index is 11.2. The first-order valence-corrected chi connectivity index (χ1v) is 7.72. The van der Waals surface area contributed by atoms with Crippen molar-refractivity contribution in [1.29, 1.82) is 0 Å². The minimum atomic E-state index is -0.802. The summed E-state index contributed by atoms with van der Waals surface area (Å²) < 4.78 is 0. The average Bonchev–Trinajstić information content (AvgIpc) is 2.35. The summed E-state index contributed by atoms with van der Waals surface area (Å²) >= 11 is 1.74. The van der Waals surface area contributed by atoms with Crippen molar-refractivity contribution >= 4 is 17.7 Å². The highest BCUT2D eigenvalue weighted by Gasteiger charge is 2.31. The van der Waals surface area contributed by atoms with Crippen LogP contribution in [-0.4, -0.2) is 45.9 Å². The fourth-order valence-corrected chi connectivity index (χ4v) is 2.47. The third-order valence-electron chi connectivity index (χ3n) is 2.97. The van der Waals surface area contributed by atoms with Gasteiger partial charge in [-0.25, -0.2) is 0 Å². The van der Waals surface area contributed by atoms with E-state index >= 15 is 0 Å². The topological polar surface area (TPSA) is 69.6 Å². The zero-order chi connectivity index (χ0) is 14.0. The van der Waals surface area contributed by atoms with Gasteiger partial charge in [-0.2, -0.15) is 11.8 Å². The SMILES string of the molecule is CCCNC(C)(CCCCSC(C)CO)C(=O)O. The number of unbranched alkanes of at least 4 members (excludes halogenated alkanes) is 1. The van der Waals surface area contributed by atoms with E-state index < -0.39 is 11.5 Å². The van der Waals surface area contributed by atoms with Crippen molar-refractivity contribution in [3.63, 3.8) is 0 Å². The van der Waals surface area contributed by atoms with Gasteiger partial charge in [-0.05, 0) is 38.5 Å². The molecule has 0 aromatic heterocycles. The monoisotopic (exact) mass is 277 g/mol. The molecule has 0 heterocycles. The molecule has 18 heavy (non-hydrogen) atoms. The molecule has 0 aliphatic carbocycles. The second kappa shape index (κ2) is 9.64. The van der Waals surface area contributed by atoms with Crippen molar-refractivity contribution in [1.82, 2.24) is 5.32 Å². The van der Waals surface area contributed by atoms with Gasteiger partial charge in [0.25, 0.3) is 0 Å². The fraction of sp³-hybridized carbons (Fsp3) is 0.923. The van der Waals surface area contributed by atoms with Crippen molar-refractivity contribution in [2.75, 3.05) is 18.9 Å². The van der Waals surface area contributed by atoms with Crippen molar-refractivity contribution < 1.29 is 15.0 Å². The third-order valence-corrected chi connectivity index (χ3v) is 4.21. The normalized spacial score (nSPS) is 16.2. The number of carbonyl (C=O) groups is 1. The van der Waals surface area contributed by atoms with E-state index in [1.165, 1.54) is 0 Å². The summed E-state index contributed by atoms with van der Waals surface area (Å²) in [6.07, 6.45) is 3.47. The highest BCUT2D eigenvalue weighted by Crippen LogP contribution is 2.18. The molecule has 0 amide bonds. The number of nitrogens with one attached hydrogen (secondary N) is 1. The van der Waals surface area contributed by atoms with Crippen molar-refractivity contribution in [2.45, 2.75) is 57.2 Å². The Labute approximate surface area is 115 Å². The van der Waals surface area contributed by atoms with Crippen LogP contribution in [-0.2, 0) is 4.79 Å². The molecule has 0 aromatic carbocycles. The molecule has 0 aliphatic heterocycles. The quantitative estimate of drug-likeness (QED) is 0.505. The van der Waals surface area contributed by atoms with Crippen LogP contribution in [0.4, 0.5) is 0 Å². The number of hydrogen-bond acceptors (Lipinski definition) is 4. The fourth-order valence-electron chi connectivity index (χ4n) is 1.59. The summed E-state index contributed by atoms with van der Waals surface area (Å²) in [6, 6.07) is 0. The molecule has 3 N–H and O–H groups in total. The van der Waals surface area contributed by atoms with Gasteiger partial charge in [-0.1, -0.05) is 20.3 Å². The first kappa shape index (κ1) is 17.7. The van der Waals surface area contributed by atoms with Gasteiger partial charge in [-0.15, -0.1) is 0 Å². The van der Waals surface area contributed by atoms with Gasteiger partial charge in [0.2, 0.25) is 0 Å². The molecule has 0 bridgehead atoms. The second-order valence-electron chi connectivity index (χ2n) is 4.89. The van der Waals surface area contributed by atoms with Crippen LogP contribution in [0.1, 0.15) is 46.5 Å². The lowest BCUT2D eigenvalue weighted by molar-refractivity contribution is -0.144. The van der Waals surface area contributed by atoms with Gasteiger partial charge >= 0.3 is 5.97 Å². The lowest BCUT2D eigenvalue weighted by Gasteiger charge is -2.26. The van der Waals surface area contributed by atoms with Gasteiger partial charge in [-0.3, -0.25) is 4.79 Å². The predicted molar refractivity (Wildman–Crippen MR) is 77.2 cm³/mol. The zero-order valence-electron chi connectivity index (χ0n) is 11.7. The number of carboxylic acid groups (broad SMARTS) is 1. The van der Waals surface area contributed by atoms with Gasteiger partial charge < -0.3 is 15.5 Å². The molecular weight excluding hydrogens is 250 g/mol. The van der Waals surface area contributed by atoms with Crippen LogP contribution in [0, 0.1) is 0 Å². The van der Waals surface area contributed by atoms with Gasteiger partial charge in [0.05, 0.1) is 6.61 Å². The summed E-state index contributed by atoms with van der Waals surface area (Å²) in [4.78, 5) is 11.2. The number of rotatable bonds is 11. The van der Waals surface area contributed by atoms with Crippen LogP contribution < -0.4 is 5.32 Å². The van der Waals surface area contributed by atoms with E-state index in [1.54, 1.807) is 18.7 Å². The van der Waals surface area contributed by atoms with Gasteiger partial charge in [0.1, 0.15) is 5.54 Å². The Morgan fingerprint density at radius 3 is 2.61 bits per heavy atom. The highest BCUT2D eigenvalue weighted by atomic mass is 32.2. The standard InChI is InChI=1S/C13H27NO3S/c1-4-8-14-13(3,12(16)17)7-5-6-9-18-11(2)10-15/h11,14-15H,4-10H2,1-3H3,(H,16,17). The van der Waals surface area contributed by atoms with E-state index in [9.17, 15) is 9.90 Å². The molecule has 108 valence electrons. The molecule has 0 radical (unpaired) electrons. The minimum absolute atomic E-state index is 0.204. The van der Waals surface area contributed by atoms with E-state index in [2.05, 4.69) is 5.32 Å². The third kappa shape index (κ3) is 7.24. The summed E-state index contributed by atoms with van der Waals surface area (Å²) in [7, 11) is 0. The summed E-state index contributed by atoms with van der Waals surface area (Å²) in [5, 5.41) is 21.5. The van der Waals surface area contributed by atoms with Crippen LogP contribution in [0.25, 0.3) is 0 Å². The van der Waals surface area contributed by atoms with Gasteiger partial charge in [0.15, 0.2) is 0 Å². The number of carboxylic acids is 1. The maximum absolute atomic E-state index is 11.2. The smallest absolute Gasteiger partial charge is 0.323 e. The van der Waals surface area contributed by atoms with Gasteiger partial charge in [0, 0.05) is 5.25 Å². The molecule has 5 heteroatoms. The molecule has 0 saturated heterocycles. The molecule has 4 nitrogen and oxygen atoms in total. The second-order valence-corrected chi connectivity index (χ2v) is 6.43. The molecule has 0 aromatic rings. The first-order valence-electron chi connectivity index (χ1n) is 6.67. The molecule has 0 aliphatic rings. The van der Waals surface area contributed by atoms with Crippen molar-refractivity contribution in [3.05, 3.63) is 0 Å². The average molecular weight is 277 g/mol. The Kier molecular flexibility index (Phi) is 9.50. The number of thioether (sulfide) groups is 1. The van der Waals surface area contributed by atoms with E-state index in [0.29, 0.717) is 6.42 Å². The number of aliphatic hydroxyl groups excluding tert-OH is 1. The highest BCUT2D eigenvalue weighted by molar-refractivity contribution is 7.99. The first-order chi connectivity index (χ1) is 8.46. The largest absolute Gasteiger partial charge is 0.480 e. The molecule has 2 unspecified atom stereocenters. The zero-order valence-corrected chi connectivity index (χ0v) is 12.6.